The van der Waals surface area contributed by atoms with E-state index in [9.17, 15) is 14.9 Å². The first-order chi connectivity index (χ1) is 9.52. The number of rotatable bonds is 4. The first-order valence-corrected chi connectivity index (χ1v) is 6.26. The van der Waals surface area contributed by atoms with Gasteiger partial charge < -0.3 is 15.8 Å². The molecule has 1 fully saturated rings. The molecule has 0 saturated heterocycles. The molecule has 1 aliphatic carbocycles. The number of hydrogen-bond donors (Lipinski definition) is 2. The summed E-state index contributed by atoms with van der Waals surface area (Å²) < 4.78 is 5.28. The van der Waals surface area contributed by atoms with Crippen LogP contribution < -0.4 is 11.1 Å². The SMILES string of the molecule is COC1CCCC1NC(=O)c1cc([N+](=O)[O-])cnc1N. The summed E-state index contributed by atoms with van der Waals surface area (Å²) in [5, 5.41) is 13.5. The van der Waals surface area contributed by atoms with Crippen LogP contribution in [0.15, 0.2) is 12.3 Å². The van der Waals surface area contributed by atoms with Gasteiger partial charge in [-0.05, 0) is 19.3 Å². The molecule has 0 bridgehead atoms. The molecule has 1 heterocycles. The van der Waals surface area contributed by atoms with Crippen LogP contribution in [0.1, 0.15) is 29.6 Å². The Morgan fingerprint density at radius 1 is 1.60 bits per heavy atom. The number of nitrogens with two attached hydrogens (primary N) is 1. The van der Waals surface area contributed by atoms with Crippen molar-refractivity contribution in [2.45, 2.75) is 31.4 Å². The number of nitro groups is 1. The molecule has 8 nitrogen and oxygen atoms in total. The van der Waals surface area contributed by atoms with Gasteiger partial charge in [-0.15, -0.1) is 0 Å². The molecular formula is C12H16N4O4. The van der Waals surface area contributed by atoms with Crippen molar-refractivity contribution in [3.05, 3.63) is 27.9 Å². The molecule has 1 aromatic rings. The smallest absolute Gasteiger partial charge is 0.288 e. The van der Waals surface area contributed by atoms with Crippen molar-refractivity contribution in [3.63, 3.8) is 0 Å². The minimum Gasteiger partial charge on any atom is -0.383 e. The van der Waals surface area contributed by atoms with Gasteiger partial charge in [0.25, 0.3) is 11.6 Å². The third-order valence-corrected chi connectivity index (χ3v) is 3.43. The zero-order valence-corrected chi connectivity index (χ0v) is 11.0. The molecule has 0 radical (unpaired) electrons. The molecule has 108 valence electrons. The summed E-state index contributed by atoms with van der Waals surface area (Å²) in [6.07, 6.45) is 3.65. The number of anilines is 1. The van der Waals surface area contributed by atoms with E-state index in [1.54, 1.807) is 7.11 Å². The number of pyridine rings is 1. The number of carbonyl (C=O) groups is 1. The summed E-state index contributed by atoms with van der Waals surface area (Å²) in [6.45, 7) is 0. The molecule has 0 aliphatic heterocycles. The number of nitrogens with one attached hydrogen (secondary N) is 1. The molecule has 0 aromatic carbocycles. The molecule has 20 heavy (non-hydrogen) atoms. The normalized spacial score (nSPS) is 21.6. The van der Waals surface area contributed by atoms with Gasteiger partial charge in [0.2, 0.25) is 0 Å². The molecule has 1 saturated carbocycles. The Labute approximate surface area is 115 Å². The van der Waals surface area contributed by atoms with E-state index in [-0.39, 0.29) is 29.2 Å². The molecular weight excluding hydrogens is 264 g/mol. The van der Waals surface area contributed by atoms with Crippen LogP contribution in [0.4, 0.5) is 11.5 Å². The molecule has 8 heteroatoms. The first-order valence-electron chi connectivity index (χ1n) is 6.26. The summed E-state index contributed by atoms with van der Waals surface area (Å²) >= 11 is 0. The maximum Gasteiger partial charge on any atom is 0.288 e. The second-order valence-electron chi connectivity index (χ2n) is 4.67. The van der Waals surface area contributed by atoms with Crippen LogP contribution in [0.3, 0.4) is 0 Å². The standard InChI is InChI=1S/C12H16N4O4/c1-20-10-4-2-3-9(10)15-12(17)8-5-7(16(18)19)6-14-11(8)13/h5-6,9-10H,2-4H2,1H3,(H2,13,14)(H,15,17). The predicted octanol–water partition coefficient (Wildman–Crippen LogP) is 0.869. The number of aromatic nitrogens is 1. The van der Waals surface area contributed by atoms with E-state index >= 15 is 0 Å². The van der Waals surface area contributed by atoms with Crippen molar-refractivity contribution in [1.29, 1.82) is 0 Å². The van der Waals surface area contributed by atoms with Crippen LogP contribution in [0.2, 0.25) is 0 Å². The number of nitrogen functional groups attached to an aromatic ring is 1. The van der Waals surface area contributed by atoms with Crippen molar-refractivity contribution >= 4 is 17.4 Å². The first kappa shape index (κ1) is 14.2. The highest BCUT2D eigenvalue weighted by Crippen LogP contribution is 2.23. The number of amides is 1. The van der Waals surface area contributed by atoms with E-state index in [4.69, 9.17) is 10.5 Å². The van der Waals surface area contributed by atoms with E-state index in [0.717, 1.165) is 31.5 Å². The molecule has 1 amide bonds. The molecule has 1 aromatic heterocycles. The van der Waals surface area contributed by atoms with Crippen LogP contribution in [-0.4, -0.2) is 35.1 Å². The summed E-state index contributed by atoms with van der Waals surface area (Å²) in [5.41, 5.74) is 5.36. The predicted molar refractivity (Wildman–Crippen MR) is 71.2 cm³/mol. The van der Waals surface area contributed by atoms with Gasteiger partial charge in [-0.2, -0.15) is 0 Å². The van der Waals surface area contributed by atoms with E-state index in [2.05, 4.69) is 10.3 Å². The summed E-state index contributed by atoms with van der Waals surface area (Å²) in [6, 6.07) is 1.03. The quantitative estimate of drug-likeness (QED) is 0.623. The fraction of sp³-hybridized carbons (Fsp3) is 0.500. The van der Waals surface area contributed by atoms with Crippen molar-refractivity contribution < 1.29 is 14.5 Å². The van der Waals surface area contributed by atoms with E-state index in [0.29, 0.717) is 0 Å². The van der Waals surface area contributed by atoms with Crippen LogP contribution in [0, 0.1) is 10.1 Å². The van der Waals surface area contributed by atoms with Gasteiger partial charge in [0, 0.05) is 13.2 Å². The number of nitrogens with zero attached hydrogens (tertiary/aromatic N) is 2. The fourth-order valence-corrected chi connectivity index (χ4v) is 2.37. The van der Waals surface area contributed by atoms with Crippen molar-refractivity contribution in [2.75, 3.05) is 12.8 Å². The lowest BCUT2D eigenvalue weighted by molar-refractivity contribution is -0.385. The van der Waals surface area contributed by atoms with Gasteiger partial charge in [0.05, 0.1) is 22.6 Å². The van der Waals surface area contributed by atoms with E-state index in [1.165, 1.54) is 0 Å². The average Bonchev–Trinajstić information content (AvgIpc) is 2.86. The van der Waals surface area contributed by atoms with Gasteiger partial charge in [-0.3, -0.25) is 14.9 Å². The van der Waals surface area contributed by atoms with E-state index in [1.807, 2.05) is 0 Å². The van der Waals surface area contributed by atoms with Gasteiger partial charge >= 0.3 is 0 Å². The molecule has 3 N–H and O–H groups in total. The summed E-state index contributed by atoms with van der Waals surface area (Å²) in [7, 11) is 1.60. The Balaban J connectivity index is 2.16. The van der Waals surface area contributed by atoms with Gasteiger partial charge in [-0.25, -0.2) is 4.98 Å². The number of carbonyl (C=O) groups excluding carboxylic acids is 1. The van der Waals surface area contributed by atoms with Crippen molar-refractivity contribution in [1.82, 2.24) is 10.3 Å². The Morgan fingerprint density at radius 2 is 2.35 bits per heavy atom. The molecule has 2 atom stereocenters. The zero-order chi connectivity index (χ0) is 14.7. The lowest BCUT2D eigenvalue weighted by atomic mass is 10.1. The lowest BCUT2D eigenvalue weighted by Gasteiger charge is -2.19. The number of methoxy groups -OCH3 is 1. The Morgan fingerprint density at radius 3 is 3.00 bits per heavy atom. The Hall–Kier alpha value is -2.22. The highest BCUT2D eigenvalue weighted by atomic mass is 16.6. The Bertz CT molecular complexity index is 534. The monoisotopic (exact) mass is 280 g/mol. The molecule has 2 unspecified atom stereocenters. The zero-order valence-electron chi connectivity index (χ0n) is 11.0. The Kier molecular flexibility index (Phi) is 4.14. The minimum absolute atomic E-state index is 0.0148. The molecule has 1 aliphatic rings. The van der Waals surface area contributed by atoms with Crippen LogP contribution >= 0.6 is 0 Å². The van der Waals surface area contributed by atoms with Crippen LogP contribution in [0.25, 0.3) is 0 Å². The maximum absolute atomic E-state index is 12.1. The van der Waals surface area contributed by atoms with Gasteiger partial charge in [0.15, 0.2) is 0 Å². The average molecular weight is 280 g/mol. The molecule has 2 rings (SSSR count). The second-order valence-corrected chi connectivity index (χ2v) is 4.67. The second kappa shape index (κ2) is 5.83. The minimum atomic E-state index is -0.614. The van der Waals surface area contributed by atoms with Gasteiger partial charge in [0.1, 0.15) is 12.0 Å². The highest BCUT2D eigenvalue weighted by molar-refractivity contribution is 5.99. The lowest BCUT2D eigenvalue weighted by Crippen LogP contribution is -2.41. The fourth-order valence-electron chi connectivity index (χ4n) is 2.37. The largest absolute Gasteiger partial charge is 0.383 e. The third-order valence-electron chi connectivity index (χ3n) is 3.43. The van der Waals surface area contributed by atoms with Gasteiger partial charge in [-0.1, -0.05) is 0 Å². The molecule has 0 spiro atoms. The topological polar surface area (TPSA) is 120 Å². The van der Waals surface area contributed by atoms with Crippen LogP contribution in [0.5, 0.6) is 0 Å². The number of hydrogen-bond acceptors (Lipinski definition) is 6. The van der Waals surface area contributed by atoms with E-state index < -0.39 is 10.8 Å². The third kappa shape index (κ3) is 2.85. The summed E-state index contributed by atoms with van der Waals surface area (Å²) in [5.74, 6) is -0.493. The maximum atomic E-state index is 12.1. The summed E-state index contributed by atoms with van der Waals surface area (Å²) in [4.78, 5) is 25.9. The highest BCUT2D eigenvalue weighted by Gasteiger charge is 2.29. The number of ether oxygens (including phenoxy) is 1. The van der Waals surface area contributed by atoms with Crippen molar-refractivity contribution in [2.24, 2.45) is 0 Å². The van der Waals surface area contributed by atoms with Crippen LogP contribution in [-0.2, 0) is 4.74 Å². The van der Waals surface area contributed by atoms with Crippen molar-refractivity contribution in [3.8, 4) is 0 Å².